The summed E-state index contributed by atoms with van der Waals surface area (Å²) in [5.74, 6) is -3.58. The van der Waals surface area contributed by atoms with Gasteiger partial charge < -0.3 is 38.5 Å². The number of rotatable bonds is 16. The van der Waals surface area contributed by atoms with Crippen LogP contribution in [0.1, 0.15) is 49.0 Å². The minimum atomic E-state index is -1.00. The van der Waals surface area contributed by atoms with Crippen molar-refractivity contribution in [3.05, 3.63) is 29.3 Å². The maximum absolute atomic E-state index is 12.9. The average molecular weight is 580 g/mol. The van der Waals surface area contributed by atoms with E-state index in [2.05, 4.69) is 26.3 Å². The van der Waals surface area contributed by atoms with Crippen LogP contribution in [0.4, 0.5) is 3.89 Å². The van der Waals surface area contributed by atoms with E-state index in [-0.39, 0.29) is 66.0 Å². The van der Waals surface area contributed by atoms with E-state index in [1.807, 2.05) is 6.07 Å². The monoisotopic (exact) mass is 579 g/mol. The number of nitrogens with two attached hydrogens (primary N) is 3. The second kappa shape index (κ2) is 17.2. The molecular weight excluding hydrogens is 545 g/mol. The minimum Gasteiger partial charge on any atom is -0.370 e. The molecule has 0 saturated carbocycles. The summed E-state index contributed by atoms with van der Waals surface area (Å²) in [6.07, 6.45) is 0.329. The molecule has 0 aliphatic heterocycles. The minimum absolute atomic E-state index is 0.0189. The first-order valence-corrected chi connectivity index (χ1v) is 12.9. The Bertz CT molecular complexity index is 1150. The van der Waals surface area contributed by atoms with Crippen molar-refractivity contribution in [3.63, 3.8) is 0 Å². The number of primary amides is 1. The van der Waals surface area contributed by atoms with Crippen LogP contribution < -0.4 is 38.5 Å². The first kappa shape index (κ1) is 33.6. The number of aliphatic imine (C=N–C) groups is 1. The SMILES string of the molecule is CC(C)C(NC(=O)c1ccc(SF)c(C#N)c1)C(=O)NCCC(=O)N[C@@H](CCCN=C(N)N)C(=O)NCC(N)=O. The molecule has 1 aromatic rings. The van der Waals surface area contributed by atoms with Crippen molar-refractivity contribution in [3.8, 4) is 6.07 Å². The zero-order valence-electron chi connectivity index (χ0n) is 22.2. The summed E-state index contributed by atoms with van der Waals surface area (Å²) >= 11 is -0.116. The predicted molar refractivity (Wildman–Crippen MR) is 146 cm³/mol. The molecule has 0 fully saturated rings. The molecule has 0 saturated heterocycles. The molecule has 1 aromatic carbocycles. The molecule has 1 unspecified atom stereocenters. The van der Waals surface area contributed by atoms with Gasteiger partial charge in [-0.15, -0.1) is 0 Å². The smallest absolute Gasteiger partial charge is 0.251 e. The molecule has 5 amide bonds. The van der Waals surface area contributed by atoms with Gasteiger partial charge in [0.15, 0.2) is 5.96 Å². The lowest BCUT2D eigenvalue weighted by Gasteiger charge is -2.22. The molecule has 0 aliphatic carbocycles. The molecule has 0 spiro atoms. The van der Waals surface area contributed by atoms with Crippen LogP contribution in [0.15, 0.2) is 28.1 Å². The van der Waals surface area contributed by atoms with Gasteiger partial charge in [-0.25, -0.2) is 0 Å². The van der Waals surface area contributed by atoms with Crippen LogP contribution in [0.25, 0.3) is 0 Å². The molecule has 0 bridgehead atoms. The van der Waals surface area contributed by atoms with Gasteiger partial charge in [0, 0.05) is 25.1 Å². The van der Waals surface area contributed by atoms with E-state index in [1.165, 1.54) is 18.2 Å². The molecule has 16 heteroatoms. The van der Waals surface area contributed by atoms with Crippen LogP contribution in [-0.2, 0) is 19.2 Å². The van der Waals surface area contributed by atoms with Gasteiger partial charge in [0.2, 0.25) is 23.6 Å². The predicted octanol–water partition coefficient (Wildman–Crippen LogP) is -1.06. The van der Waals surface area contributed by atoms with Crippen LogP contribution in [0.2, 0.25) is 0 Å². The molecule has 1 rings (SSSR count). The zero-order valence-corrected chi connectivity index (χ0v) is 23.0. The van der Waals surface area contributed by atoms with Crippen LogP contribution in [0.5, 0.6) is 0 Å². The summed E-state index contributed by atoms with van der Waals surface area (Å²) in [6, 6.07) is 3.70. The normalized spacial score (nSPS) is 11.9. The zero-order chi connectivity index (χ0) is 30.2. The molecule has 0 heterocycles. The molecule has 0 radical (unpaired) electrons. The Labute approximate surface area is 235 Å². The number of hydrogen-bond donors (Lipinski definition) is 7. The number of nitrogens with zero attached hydrogens (tertiary/aromatic N) is 2. The Kier molecular flexibility index (Phi) is 14.5. The first-order valence-electron chi connectivity index (χ1n) is 12.2. The van der Waals surface area contributed by atoms with Crippen molar-refractivity contribution >= 4 is 47.6 Å². The van der Waals surface area contributed by atoms with Gasteiger partial charge in [-0.3, -0.25) is 29.0 Å². The average Bonchev–Trinajstić information content (AvgIpc) is 2.90. The van der Waals surface area contributed by atoms with E-state index in [9.17, 15) is 27.9 Å². The van der Waals surface area contributed by atoms with Crippen molar-refractivity contribution in [2.24, 2.45) is 28.1 Å². The summed E-state index contributed by atoms with van der Waals surface area (Å²) in [6.45, 7) is 3.12. The number of guanidine groups is 1. The van der Waals surface area contributed by atoms with Gasteiger partial charge >= 0.3 is 0 Å². The quantitative estimate of drug-likeness (QED) is 0.0715. The second-order valence-corrected chi connectivity index (χ2v) is 9.48. The Balaban J connectivity index is 2.72. The van der Waals surface area contributed by atoms with Crippen molar-refractivity contribution in [2.75, 3.05) is 19.6 Å². The standard InChI is InChI=1S/C24H34FN9O5S/c1-13(2)20(34-21(37)14-5-6-17(40-25)15(10-14)11-26)23(39)30-9-7-19(36)33-16(4-3-8-31-24(28)29)22(38)32-12-18(27)35/h5-6,10,13,16,20H,3-4,7-9,12H2,1-2H3,(H2,27,35)(H,30,39)(H,32,38)(H,33,36)(H,34,37)(H4,28,29,31)/t16-,20?/m0/s1. The summed E-state index contributed by atoms with van der Waals surface area (Å²) in [5, 5.41) is 19.2. The van der Waals surface area contributed by atoms with E-state index in [4.69, 9.17) is 22.5 Å². The van der Waals surface area contributed by atoms with Crippen LogP contribution >= 0.6 is 12.1 Å². The number of benzene rings is 1. The van der Waals surface area contributed by atoms with E-state index in [0.29, 0.717) is 6.42 Å². The Morgan fingerprint density at radius 1 is 1.07 bits per heavy atom. The summed E-state index contributed by atoms with van der Waals surface area (Å²) < 4.78 is 12.9. The number of halogens is 1. The molecule has 0 aliphatic rings. The lowest BCUT2D eigenvalue weighted by molar-refractivity contribution is -0.130. The molecule has 0 aromatic heterocycles. The lowest BCUT2D eigenvalue weighted by Crippen LogP contribution is -2.51. The van der Waals surface area contributed by atoms with Gasteiger partial charge in [0.1, 0.15) is 18.2 Å². The van der Waals surface area contributed by atoms with E-state index < -0.39 is 48.2 Å². The molecule has 218 valence electrons. The van der Waals surface area contributed by atoms with Crippen molar-refractivity contribution in [1.82, 2.24) is 21.3 Å². The van der Waals surface area contributed by atoms with Crippen molar-refractivity contribution in [1.29, 1.82) is 5.26 Å². The van der Waals surface area contributed by atoms with Crippen molar-refractivity contribution < 1.29 is 27.9 Å². The highest BCUT2D eigenvalue weighted by molar-refractivity contribution is 7.94. The maximum Gasteiger partial charge on any atom is 0.251 e. The van der Waals surface area contributed by atoms with Crippen LogP contribution in [0, 0.1) is 17.2 Å². The highest BCUT2D eigenvalue weighted by atomic mass is 32.2. The van der Waals surface area contributed by atoms with Crippen LogP contribution in [-0.4, -0.2) is 67.2 Å². The van der Waals surface area contributed by atoms with Gasteiger partial charge in [-0.1, -0.05) is 13.8 Å². The number of hydrogen-bond acceptors (Lipinski definition) is 8. The van der Waals surface area contributed by atoms with Gasteiger partial charge in [0.25, 0.3) is 5.91 Å². The highest BCUT2D eigenvalue weighted by Gasteiger charge is 2.26. The topological polar surface area (TPSA) is 248 Å². The fourth-order valence-electron chi connectivity index (χ4n) is 3.33. The molecule has 10 N–H and O–H groups in total. The number of amides is 5. The van der Waals surface area contributed by atoms with Gasteiger partial charge in [-0.05, 0) is 37.0 Å². The van der Waals surface area contributed by atoms with Gasteiger partial charge in [-0.2, -0.15) is 9.15 Å². The number of carbonyl (C=O) groups excluding carboxylic acids is 5. The van der Waals surface area contributed by atoms with E-state index in [0.717, 1.165) is 0 Å². The molecule has 14 nitrogen and oxygen atoms in total. The molecular formula is C24H34FN9O5S. The van der Waals surface area contributed by atoms with Crippen LogP contribution in [0.3, 0.4) is 0 Å². The summed E-state index contributed by atoms with van der Waals surface area (Å²) in [4.78, 5) is 65.2. The highest BCUT2D eigenvalue weighted by Crippen LogP contribution is 2.24. The fraction of sp³-hybridized carbons (Fsp3) is 0.458. The number of nitriles is 1. The first-order chi connectivity index (χ1) is 18.9. The van der Waals surface area contributed by atoms with Gasteiger partial charge in [0.05, 0.1) is 29.2 Å². The maximum atomic E-state index is 12.9. The Morgan fingerprint density at radius 3 is 2.35 bits per heavy atom. The number of nitrogens with one attached hydrogen (secondary N) is 4. The summed E-state index contributed by atoms with van der Waals surface area (Å²) in [7, 11) is 0. The van der Waals surface area contributed by atoms with E-state index in [1.54, 1.807) is 13.8 Å². The Hall–Kier alpha value is -4.39. The van der Waals surface area contributed by atoms with E-state index >= 15 is 0 Å². The Morgan fingerprint density at radius 2 is 1.77 bits per heavy atom. The third kappa shape index (κ3) is 12.0. The second-order valence-electron chi connectivity index (χ2n) is 8.89. The summed E-state index contributed by atoms with van der Waals surface area (Å²) in [5.41, 5.74) is 15.6. The molecule has 40 heavy (non-hydrogen) atoms. The third-order valence-corrected chi connectivity index (χ3v) is 5.89. The largest absolute Gasteiger partial charge is 0.370 e. The van der Waals surface area contributed by atoms with Crippen molar-refractivity contribution in [2.45, 2.75) is 50.1 Å². The fourth-order valence-corrected chi connectivity index (χ4v) is 3.64. The molecule has 2 atom stereocenters. The number of carbonyl (C=O) groups is 5. The lowest BCUT2D eigenvalue weighted by atomic mass is 10.0. The third-order valence-electron chi connectivity index (χ3n) is 5.37.